The van der Waals surface area contributed by atoms with Crippen molar-refractivity contribution in [3.05, 3.63) is 65.5 Å². The highest BCUT2D eigenvalue weighted by Crippen LogP contribution is 2.18. The number of benzene rings is 2. The molecule has 0 fully saturated rings. The second-order valence-electron chi connectivity index (χ2n) is 5.98. The first-order valence-corrected chi connectivity index (χ1v) is 9.95. The lowest BCUT2D eigenvalue weighted by molar-refractivity contribution is 0.0947. The first-order valence-electron chi connectivity index (χ1n) is 8.06. The van der Waals surface area contributed by atoms with E-state index in [2.05, 4.69) is 20.2 Å². The van der Waals surface area contributed by atoms with Crippen LogP contribution in [0.3, 0.4) is 0 Å². The van der Waals surface area contributed by atoms with Crippen molar-refractivity contribution >= 4 is 21.6 Å². The number of hydrogen-bond donors (Lipinski definition) is 2. The maximum Gasteiger partial charge on any atom is 0.253 e. The molecule has 9 heteroatoms. The van der Waals surface area contributed by atoms with Crippen molar-refractivity contribution in [1.82, 2.24) is 15.5 Å². The Hall–Kier alpha value is -3.20. The molecule has 0 radical (unpaired) electrons. The quantitative estimate of drug-likeness (QED) is 0.672. The molecule has 1 heterocycles. The number of nitrogens with zero attached hydrogens (tertiary/aromatic N) is 2. The number of rotatable bonds is 6. The summed E-state index contributed by atoms with van der Waals surface area (Å²) in [6, 6.07) is 14.0. The lowest BCUT2D eigenvalue weighted by Gasteiger charge is -2.10. The van der Waals surface area contributed by atoms with E-state index < -0.39 is 15.9 Å². The highest BCUT2D eigenvalue weighted by Gasteiger charge is 2.15. The fraction of sp³-hybridized carbons (Fsp3) is 0.167. The molecule has 0 aliphatic heterocycles. The number of nitrogens with one attached hydrogen (secondary N) is 2. The van der Waals surface area contributed by atoms with E-state index in [9.17, 15) is 13.2 Å². The van der Waals surface area contributed by atoms with Crippen LogP contribution >= 0.6 is 0 Å². The molecule has 0 bridgehead atoms. The molecular formula is C18H18N4O4S. The van der Waals surface area contributed by atoms with Gasteiger partial charge in [0.15, 0.2) is 0 Å². The molecule has 0 aliphatic rings. The van der Waals surface area contributed by atoms with Crippen LogP contribution in [0.15, 0.2) is 53.1 Å². The minimum atomic E-state index is -3.50. The van der Waals surface area contributed by atoms with Crippen molar-refractivity contribution in [2.75, 3.05) is 11.0 Å². The second kappa shape index (κ2) is 7.58. The Labute approximate surface area is 156 Å². The molecule has 0 aliphatic carbocycles. The van der Waals surface area contributed by atoms with Crippen molar-refractivity contribution in [1.29, 1.82) is 0 Å². The van der Waals surface area contributed by atoms with Gasteiger partial charge < -0.3 is 9.84 Å². The van der Waals surface area contributed by atoms with Crippen molar-refractivity contribution in [3.8, 4) is 11.4 Å². The van der Waals surface area contributed by atoms with E-state index in [0.717, 1.165) is 17.4 Å². The molecule has 0 atom stereocenters. The van der Waals surface area contributed by atoms with Crippen molar-refractivity contribution in [2.45, 2.75) is 13.5 Å². The minimum absolute atomic E-state index is 0.0187. The summed E-state index contributed by atoms with van der Waals surface area (Å²) < 4.78 is 30.4. The van der Waals surface area contributed by atoms with Gasteiger partial charge in [0.25, 0.3) is 5.91 Å². The molecule has 0 saturated heterocycles. The molecular weight excluding hydrogens is 368 g/mol. The zero-order valence-electron chi connectivity index (χ0n) is 14.8. The van der Waals surface area contributed by atoms with Crippen LogP contribution < -0.4 is 10.0 Å². The lowest BCUT2D eigenvalue weighted by atomic mass is 10.1. The van der Waals surface area contributed by atoms with Gasteiger partial charge in [0, 0.05) is 5.56 Å². The maximum atomic E-state index is 12.4. The average molecular weight is 386 g/mol. The van der Waals surface area contributed by atoms with Gasteiger partial charge in [-0.3, -0.25) is 9.52 Å². The summed E-state index contributed by atoms with van der Waals surface area (Å²) in [5, 5.41) is 6.56. The monoisotopic (exact) mass is 386 g/mol. The fourth-order valence-corrected chi connectivity index (χ4v) is 3.03. The van der Waals surface area contributed by atoms with E-state index in [1.807, 2.05) is 31.2 Å². The molecule has 140 valence electrons. The summed E-state index contributed by atoms with van der Waals surface area (Å²) in [5.41, 5.74) is 2.28. The summed E-state index contributed by atoms with van der Waals surface area (Å²) in [4.78, 5) is 16.7. The van der Waals surface area contributed by atoms with E-state index in [0.29, 0.717) is 5.82 Å². The second-order valence-corrected chi connectivity index (χ2v) is 7.73. The summed E-state index contributed by atoms with van der Waals surface area (Å²) >= 11 is 0. The molecule has 2 aromatic carbocycles. The summed E-state index contributed by atoms with van der Waals surface area (Å²) in [6.07, 6.45) is 1.02. The highest BCUT2D eigenvalue weighted by molar-refractivity contribution is 7.92. The molecule has 3 rings (SSSR count). The number of anilines is 1. The number of amides is 1. The molecule has 0 unspecified atom stereocenters. The van der Waals surface area contributed by atoms with Gasteiger partial charge in [-0.1, -0.05) is 41.1 Å². The standard InChI is InChI=1S/C18H18N4O4S/c1-12-6-5-7-13(10-12)17-20-16(26-21-17)11-19-18(23)14-8-3-4-9-15(14)22-27(2,24)25/h3-10,22H,11H2,1-2H3,(H,19,23). The molecule has 0 spiro atoms. The van der Waals surface area contributed by atoms with Crippen molar-refractivity contribution < 1.29 is 17.7 Å². The van der Waals surface area contributed by atoms with Gasteiger partial charge >= 0.3 is 0 Å². The summed E-state index contributed by atoms with van der Waals surface area (Å²) in [6.45, 7) is 1.98. The predicted octanol–water partition coefficient (Wildman–Crippen LogP) is 2.35. The molecule has 3 aromatic rings. The van der Waals surface area contributed by atoms with Crippen LogP contribution in [-0.4, -0.2) is 30.7 Å². The molecule has 27 heavy (non-hydrogen) atoms. The van der Waals surface area contributed by atoms with Crippen LogP contribution in [-0.2, 0) is 16.6 Å². The molecule has 1 aromatic heterocycles. The van der Waals surface area contributed by atoms with Crippen LogP contribution in [0.1, 0.15) is 21.8 Å². The maximum absolute atomic E-state index is 12.4. The van der Waals surface area contributed by atoms with Crippen molar-refractivity contribution in [3.63, 3.8) is 0 Å². The largest absolute Gasteiger partial charge is 0.343 e. The molecule has 8 nitrogen and oxygen atoms in total. The Morgan fingerprint density at radius 1 is 1.15 bits per heavy atom. The Bertz CT molecular complexity index is 1080. The number of para-hydroxylation sites is 1. The van der Waals surface area contributed by atoms with Gasteiger partial charge in [-0.25, -0.2) is 8.42 Å². The Morgan fingerprint density at radius 3 is 2.67 bits per heavy atom. The van der Waals surface area contributed by atoms with E-state index >= 15 is 0 Å². The fourth-order valence-electron chi connectivity index (χ4n) is 2.45. The number of aromatic nitrogens is 2. The average Bonchev–Trinajstić information content (AvgIpc) is 3.08. The molecule has 1 amide bonds. The topological polar surface area (TPSA) is 114 Å². The smallest absolute Gasteiger partial charge is 0.253 e. The van der Waals surface area contributed by atoms with E-state index in [-0.39, 0.29) is 23.7 Å². The van der Waals surface area contributed by atoms with Crippen LogP contribution in [0.5, 0.6) is 0 Å². The third kappa shape index (κ3) is 4.91. The molecule has 2 N–H and O–H groups in total. The third-order valence-corrected chi connectivity index (χ3v) is 4.20. The number of carbonyl (C=O) groups is 1. The summed E-state index contributed by atoms with van der Waals surface area (Å²) in [7, 11) is -3.50. The van der Waals surface area contributed by atoms with E-state index in [1.54, 1.807) is 12.1 Å². The Morgan fingerprint density at radius 2 is 1.93 bits per heavy atom. The Balaban J connectivity index is 1.70. The van der Waals surface area contributed by atoms with Gasteiger partial charge in [-0.05, 0) is 25.1 Å². The Kier molecular flexibility index (Phi) is 5.22. The van der Waals surface area contributed by atoms with Gasteiger partial charge in [0.1, 0.15) is 0 Å². The van der Waals surface area contributed by atoms with Gasteiger partial charge in [0.05, 0.1) is 24.1 Å². The molecule has 0 saturated carbocycles. The number of carbonyl (C=O) groups excluding carboxylic acids is 1. The van der Waals surface area contributed by atoms with E-state index in [4.69, 9.17) is 4.52 Å². The normalized spacial score (nSPS) is 11.2. The predicted molar refractivity (Wildman–Crippen MR) is 101 cm³/mol. The van der Waals surface area contributed by atoms with Gasteiger partial charge in [-0.15, -0.1) is 0 Å². The van der Waals surface area contributed by atoms with Crippen LogP contribution in [0.25, 0.3) is 11.4 Å². The highest BCUT2D eigenvalue weighted by atomic mass is 32.2. The van der Waals surface area contributed by atoms with Crippen LogP contribution in [0.2, 0.25) is 0 Å². The van der Waals surface area contributed by atoms with Gasteiger partial charge in [-0.2, -0.15) is 4.98 Å². The zero-order valence-corrected chi connectivity index (χ0v) is 15.6. The zero-order chi connectivity index (χ0) is 19.4. The summed E-state index contributed by atoms with van der Waals surface area (Å²) in [5.74, 6) is 0.215. The van der Waals surface area contributed by atoms with Crippen LogP contribution in [0, 0.1) is 6.92 Å². The number of hydrogen-bond acceptors (Lipinski definition) is 6. The van der Waals surface area contributed by atoms with Crippen molar-refractivity contribution in [2.24, 2.45) is 0 Å². The minimum Gasteiger partial charge on any atom is -0.343 e. The van der Waals surface area contributed by atoms with Crippen LogP contribution in [0.4, 0.5) is 5.69 Å². The first kappa shape index (κ1) is 18.6. The lowest BCUT2D eigenvalue weighted by Crippen LogP contribution is -2.24. The van der Waals surface area contributed by atoms with Gasteiger partial charge in [0.2, 0.25) is 21.7 Å². The number of sulfonamides is 1. The SMILES string of the molecule is Cc1cccc(-c2noc(CNC(=O)c3ccccc3NS(C)(=O)=O)n2)c1. The van der Waals surface area contributed by atoms with E-state index in [1.165, 1.54) is 12.1 Å². The first-order chi connectivity index (χ1) is 12.8. The number of aryl methyl sites for hydroxylation is 1. The third-order valence-electron chi connectivity index (χ3n) is 3.61.